The zero-order valence-electron chi connectivity index (χ0n) is 15.9. The molecule has 8 nitrogen and oxygen atoms in total. The third kappa shape index (κ3) is 3.80. The molecule has 2 aromatic heterocycles. The van der Waals surface area contributed by atoms with Gasteiger partial charge in [-0.05, 0) is 38.8 Å². The number of piperazine rings is 1. The number of carbonyl (C=O) groups is 3. The van der Waals surface area contributed by atoms with Gasteiger partial charge in [-0.1, -0.05) is 0 Å². The number of nitrogens with zero attached hydrogens (tertiary/aromatic N) is 3. The largest absolute Gasteiger partial charge is 0.459 e. The van der Waals surface area contributed by atoms with Gasteiger partial charge in [-0.25, -0.2) is 4.98 Å². The number of nitrogens with one attached hydrogen (secondary N) is 1. The molecule has 2 aliphatic rings. The van der Waals surface area contributed by atoms with E-state index in [1.54, 1.807) is 4.90 Å². The van der Waals surface area contributed by atoms with Crippen LogP contribution in [0.3, 0.4) is 0 Å². The molecule has 1 aliphatic heterocycles. The lowest BCUT2D eigenvalue weighted by molar-refractivity contribution is -0.146. The Kier molecular flexibility index (Phi) is 4.92. The van der Waals surface area contributed by atoms with E-state index in [2.05, 4.69) is 10.3 Å². The Bertz CT molecular complexity index is 922. The summed E-state index contributed by atoms with van der Waals surface area (Å²) in [5.41, 5.74) is 0.668. The minimum Gasteiger partial charge on any atom is -0.459 e. The van der Waals surface area contributed by atoms with Crippen molar-refractivity contribution in [1.29, 1.82) is 0 Å². The first-order valence-corrected chi connectivity index (χ1v) is 10.2. The molecule has 9 heteroatoms. The van der Waals surface area contributed by atoms with E-state index < -0.39 is 11.8 Å². The van der Waals surface area contributed by atoms with Crippen LogP contribution in [-0.4, -0.2) is 64.7 Å². The van der Waals surface area contributed by atoms with Gasteiger partial charge in [0.2, 0.25) is 0 Å². The lowest BCUT2D eigenvalue weighted by Crippen LogP contribution is -2.54. The van der Waals surface area contributed by atoms with E-state index in [1.807, 2.05) is 26.0 Å². The first kappa shape index (κ1) is 18.7. The summed E-state index contributed by atoms with van der Waals surface area (Å²) >= 11 is 1.31. The van der Waals surface area contributed by atoms with Gasteiger partial charge in [0.15, 0.2) is 10.8 Å². The number of rotatable bonds is 3. The number of carbonyl (C=O) groups excluding carboxylic acids is 3. The van der Waals surface area contributed by atoms with Crippen molar-refractivity contribution >= 4 is 29.1 Å². The molecular weight excluding hydrogens is 380 g/mol. The molecule has 4 rings (SSSR count). The highest BCUT2D eigenvalue weighted by atomic mass is 32.1. The molecule has 0 bridgehead atoms. The van der Waals surface area contributed by atoms with E-state index in [9.17, 15) is 14.4 Å². The monoisotopic (exact) mass is 402 g/mol. The van der Waals surface area contributed by atoms with E-state index >= 15 is 0 Å². The lowest BCUT2D eigenvalue weighted by atomic mass is 10.2. The zero-order valence-corrected chi connectivity index (χ0v) is 16.7. The smallest absolute Gasteiger partial charge is 0.312 e. The van der Waals surface area contributed by atoms with Gasteiger partial charge in [0, 0.05) is 32.2 Å². The van der Waals surface area contributed by atoms with Crippen LogP contribution in [0, 0.1) is 13.8 Å². The highest BCUT2D eigenvalue weighted by Crippen LogP contribution is 2.30. The Labute approximate surface area is 166 Å². The van der Waals surface area contributed by atoms with Crippen molar-refractivity contribution in [3.05, 3.63) is 28.5 Å². The van der Waals surface area contributed by atoms with Crippen LogP contribution in [0.1, 0.15) is 34.0 Å². The normalized spacial score (nSPS) is 16.9. The summed E-state index contributed by atoms with van der Waals surface area (Å²) in [6, 6.07) is 3.86. The predicted molar refractivity (Wildman–Crippen MR) is 103 cm³/mol. The van der Waals surface area contributed by atoms with Gasteiger partial charge in [-0.3, -0.25) is 14.4 Å². The number of furan rings is 1. The fraction of sp³-hybridized carbons (Fsp3) is 0.474. The molecule has 148 valence electrons. The van der Waals surface area contributed by atoms with Crippen molar-refractivity contribution in [2.75, 3.05) is 26.2 Å². The van der Waals surface area contributed by atoms with E-state index in [-0.39, 0.29) is 11.9 Å². The summed E-state index contributed by atoms with van der Waals surface area (Å²) in [4.78, 5) is 45.3. The van der Waals surface area contributed by atoms with Crippen LogP contribution in [0.25, 0.3) is 10.8 Å². The number of amides is 3. The summed E-state index contributed by atoms with van der Waals surface area (Å²) in [6.07, 6.45) is 1.88. The molecule has 28 heavy (non-hydrogen) atoms. The van der Waals surface area contributed by atoms with Crippen molar-refractivity contribution in [2.24, 2.45) is 0 Å². The number of thiazole rings is 1. The maximum absolute atomic E-state index is 12.9. The summed E-state index contributed by atoms with van der Waals surface area (Å²) in [6.45, 7) is 5.17. The standard InChI is InChI=1S/C19H22N4O4S/c1-11-3-6-14(27-11)17-20-12(2)15(28-17)18(25)22-7-9-23(10-8-22)19(26)16(24)21-13-4-5-13/h3,6,13H,4-5,7-10H2,1-2H3,(H,21,24). The Morgan fingerprint density at radius 3 is 2.39 bits per heavy atom. The van der Waals surface area contributed by atoms with Gasteiger partial charge in [-0.15, -0.1) is 11.3 Å². The Balaban J connectivity index is 1.38. The highest BCUT2D eigenvalue weighted by Gasteiger charge is 2.32. The van der Waals surface area contributed by atoms with Crippen molar-refractivity contribution in [3.8, 4) is 10.8 Å². The molecule has 2 aromatic rings. The number of aryl methyl sites for hydroxylation is 2. The first-order chi connectivity index (χ1) is 13.4. The fourth-order valence-corrected chi connectivity index (χ4v) is 4.12. The van der Waals surface area contributed by atoms with Crippen LogP contribution < -0.4 is 5.32 Å². The molecule has 1 saturated heterocycles. The van der Waals surface area contributed by atoms with Crippen molar-refractivity contribution in [3.63, 3.8) is 0 Å². The number of hydrogen-bond donors (Lipinski definition) is 1. The van der Waals surface area contributed by atoms with Crippen LogP contribution in [0.2, 0.25) is 0 Å². The molecule has 0 atom stereocenters. The summed E-state index contributed by atoms with van der Waals surface area (Å²) in [7, 11) is 0. The minimum absolute atomic E-state index is 0.0981. The SMILES string of the molecule is Cc1ccc(-c2nc(C)c(C(=O)N3CCN(C(=O)C(=O)NC4CC4)CC3)s2)o1. The Morgan fingerprint density at radius 2 is 1.79 bits per heavy atom. The van der Waals surface area contributed by atoms with Gasteiger partial charge in [0.25, 0.3) is 5.91 Å². The van der Waals surface area contributed by atoms with E-state index in [0.29, 0.717) is 47.5 Å². The summed E-state index contributed by atoms with van der Waals surface area (Å²) in [5, 5.41) is 3.39. The fourth-order valence-electron chi connectivity index (χ4n) is 3.12. The molecule has 1 saturated carbocycles. The van der Waals surface area contributed by atoms with Gasteiger partial charge in [0.1, 0.15) is 10.6 Å². The van der Waals surface area contributed by atoms with E-state index in [1.165, 1.54) is 16.2 Å². The second-order valence-corrected chi connectivity index (χ2v) is 8.18. The van der Waals surface area contributed by atoms with Gasteiger partial charge in [-0.2, -0.15) is 0 Å². The molecule has 1 N–H and O–H groups in total. The average molecular weight is 402 g/mol. The minimum atomic E-state index is -0.543. The van der Waals surface area contributed by atoms with E-state index in [0.717, 1.165) is 18.6 Å². The third-order valence-electron chi connectivity index (χ3n) is 4.90. The first-order valence-electron chi connectivity index (χ1n) is 9.35. The van der Waals surface area contributed by atoms with Gasteiger partial charge >= 0.3 is 11.8 Å². The molecule has 0 radical (unpaired) electrons. The molecule has 0 unspecified atom stereocenters. The molecule has 3 amide bonds. The maximum atomic E-state index is 12.9. The van der Waals surface area contributed by atoms with Crippen LogP contribution in [0.5, 0.6) is 0 Å². The summed E-state index contributed by atoms with van der Waals surface area (Å²) in [5.74, 6) is 0.297. The Hall–Kier alpha value is -2.68. The third-order valence-corrected chi connectivity index (χ3v) is 6.06. The van der Waals surface area contributed by atoms with Gasteiger partial charge in [0.05, 0.1) is 5.69 Å². The molecule has 1 aliphatic carbocycles. The van der Waals surface area contributed by atoms with Crippen molar-refractivity contribution in [2.45, 2.75) is 32.7 Å². The number of aromatic nitrogens is 1. The molecule has 2 fully saturated rings. The predicted octanol–water partition coefficient (Wildman–Crippen LogP) is 1.58. The number of hydrogen-bond acceptors (Lipinski definition) is 6. The molecule has 3 heterocycles. The highest BCUT2D eigenvalue weighted by molar-refractivity contribution is 7.17. The lowest BCUT2D eigenvalue weighted by Gasteiger charge is -2.34. The maximum Gasteiger partial charge on any atom is 0.312 e. The van der Waals surface area contributed by atoms with Crippen LogP contribution >= 0.6 is 11.3 Å². The van der Waals surface area contributed by atoms with Crippen LogP contribution in [0.4, 0.5) is 0 Å². The van der Waals surface area contributed by atoms with Crippen LogP contribution in [-0.2, 0) is 9.59 Å². The summed E-state index contributed by atoms with van der Waals surface area (Å²) < 4.78 is 5.60. The van der Waals surface area contributed by atoms with Crippen molar-refractivity contribution in [1.82, 2.24) is 20.1 Å². The topological polar surface area (TPSA) is 95.8 Å². The van der Waals surface area contributed by atoms with Crippen LogP contribution in [0.15, 0.2) is 16.5 Å². The zero-order chi connectivity index (χ0) is 19.8. The van der Waals surface area contributed by atoms with Crippen molar-refractivity contribution < 1.29 is 18.8 Å². The second kappa shape index (κ2) is 7.38. The Morgan fingerprint density at radius 1 is 1.11 bits per heavy atom. The molecule has 0 aromatic carbocycles. The second-order valence-electron chi connectivity index (χ2n) is 7.18. The van der Waals surface area contributed by atoms with E-state index in [4.69, 9.17) is 4.42 Å². The molecule has 0 spiro atoms. The van der Waals surface area contributed by atoms with Gasteiger partial charge < -0.3 is 19.5 Å². The average Bonchev–Trinajstić information content (AvgIpc) is 3.26. The molecular formula is C19H22N4O4S. The quantitative estimate of drug-likeness (QED) is 0.787.